The number of ketones is 1. The van der Waals surface area contributed by atoms with E-state index < -0.39 is 17.7 Å². The van der Waals surface area contributed by atoms with Gasteiger partial charge in [-0.1, -0.05) is 67.1 Å². The summed E-state index contributed by atoms with van der Waals surface area (Å²) in [5.74, 6) is 0.473. The number of carbonyl (C=O) groups excluding carboxylic acids is 2. The number of aliphatic hydroxyl groups is 1. The van der Waals surface area contributed by atoms with Gasteiger partial charge in [-0.05, 0) is 66.6 Å². The van der Waals surface area contributed by atoms with Gasteiger partial charge in [0.15, 0.2) is 5.13 Å². The van der Waals surface area contributed by atoms with Crippen LogP contribution in [0.1, 0.15) is 36.9 Å². The van der Waals surface area contributed by atoms with Crippen LogP contribution in [0.25, 0.3) is 16.0 Å². The van der Waals surface area contributed by atoms with Gasteiger partial charge < -0.3 is 19.3 Å². The molecule has 1 aliphatic rings. The highest BCUT2D eigenvalue weighted by Crippen LogP contribution is 2.45. The van der Waals surface area contributed by atoms with Crippen molar-refractivity contribution in [2.45, 2.75) is 25.8 Å². The molecule has 0 aliphatic carbocycles. The standard InChI is InChI=1S/C35H30N2O6S/c1-3-4-18-42-26-14-9-11-23(20-26)32(38)30-31(22-10-8-15-27(19-22)43-24-12-6-5-7-13-24)37(34(40)33(30)39)35-36-28-17-16-25(41-2)21-29(28)44-35/h5-17,19-21,31,38H,3-4,18H2,1-2H3/b32-30+. The second-order valence-electron chi connectivity index (χ2n) is 10.2. The van der Waals surface area contributed by atoms with Crippen LogP contribution in [0.15, 0.2) is 103 Å². The maximum atomic E-state index is 13.8. The fourth-order valence-corrected chi connectivity index (χ4v) is 6.08. The second kappa shape index (κ2) is 12.6. The monoisotopic (exact) mass is 606 g/mol. The van der Waals surface area contributed by atoms with Crippen LogP contribution in [0, 0.1) is 0 Å². The number of unbranched alkanes of at least 4 members (excludes halogenated alkanes) is 1. The first-order valence-electron chi connectivity index (χ1n) is 14.3. The molecule has 8 nitrogen and oxygen atoms in total. The number of Topliss-reactive ketones (excluding diaryl/α,β-unsaturated/α-hetero) is 1. The van der Waals surface area contributed by atoms with Gasteiger partial charge in [0.25, 0.3) is 5.78 Å². The molecule has 1 atom stereocenters. The minimum Gasteiger partial charge on any atom is -0.507 e. The SMILES string of the molecule is CCCCOc1cccc(/C(O)=C2\C(=O)C(=O)N(c3nc4ccc(OC)cc4s3)C2c2cccc(Oc3ccccc3)c2)c1. The number of anilines is 1. The minimum absolute atomic E-state index is 0.0468. The summed E-state index contributed by atoms with van der Waals surface area (Å²) in [7, 11) is 1.58. The van der Waals surface area contributed by atoms with Crippen molar-refractivity contribution < 1.29 is 28.9 Å². The van der Waals surface area contributed by atoms with Crippen LogP contribution in [0.2, 0.25) is 0 Å². The van der Waals surface area contributed by atoms with E-state index in [1.165, 1.54) is 16.2 Å². The molecule has 9 heteroatoms. The summed E-state index contributed by atoms with van der Waals surface area (Å²) in [5.41, 5.74) is 1.55. The van der Waals surface area contributed by atoms with Crippen molar-refractivity contribution in [1.29, 1.82) is 0 Å². The van der Waals surface area contributed by atoms with E-state index in [4.69, 9.17) is 19.2 Å². The Balaban J connectivity index is 1.48. The molecule has 1 amide bonds. The van der Waals surface area contributed by atoms with E-state index in [0.717, 1.165) is 17.5 Å². The quantitative estimate of drug-likeness (QED) is 0.0747. The number of carbonyl (C=O) groups is 2. The second-order valence-corrected chi connectivity index (χ2v) is 11.2. The number of hydrogen-bond acceptors (Lipinski definition) is 8. The molecule has 44 heavy (non-hydrogen) atoms. The summed E-state index contributed by atoms with van der Waals surface area (Å²) < 4.78 is 18.1. The van der Waals surface area contributed by atoms with Crippen molar-refractivity contribution in [3.8, 4) is 23.0 Å². The van der Waals surface area contributed by atoms with Gasteiger partial charge >= 0.3 is 5.91 Å². The molecule has 4 aromatic carbocycles. The highest BCUT2D eigenvalue weighted by atomic mass is 32.1. The largest absolute Gasteiger partial charge is 0.507 e. The zero-order valence-corrected chi connectivity index (χ0v) is 25.0. The molecule has 0 radical (unpaired) electrons. The van der Waals surface area contributed by atoms with E-state index in [-0.39, 0.29) is 11.3 Å². The number of fused-ring (bicyclic) bond motifs is 1. The number of benzene rings is 4. The summed E-state index contributed by atoms with van der Waals surface area (Å²) in [4.78, 5) is 33.6. The Morgan fingerprint density at radius 1 is 0.886 bits per heavy atom. The lowest BCUT2D eigenvalue weighted by atomic mass is 9.95. The Hall–Kier alpha value is -5.15. The van der Waals surface area contributed by atoms with Crippen LogP contribution in [-0.4, -0.2) is 35.5 Å². The number of nitrogens with zero attached hydrogens (tertiary/aromatic N) is 2. The van der Waals surface area contributed by atoms with E-state index in [9.17, 15) is 14.7 Å². The van der Waals surface area contributed by atoms with Crippen molar-refractivity contribution in [3.05, 3.63) is 114 Å². The summed E-state index contributed by atoms with van der Waals surface area (Å²) in [6.45, 7) is 2.61. The summed E-state index contributed by atoms with van der Waals surface area (Å²) in [5, 5.41) is 12.0. The predicted molar refractivity (Wildman–Crippen MR) is 171 cm³/mol. The minimum atomic E-state index is -0.971. The smallest absolute Gasteiger partial charge is 0.301 e. The Kier molecular flexibility index (Phi) is 8.29. The maximum Gasteiger partial charge on any atom is 0.301 e. The number of aliphatic hydroxyl groups excluding tert-OH is 1. The molecule has 2 heterocycles. The molecule has 0 bridgehead atoms. The lowest BCUT2D eigenvalue weighted by Crippen LogP contribution is -2.29. The molecular weight excluding hydrogens is 576 g/mol. The van der Waals surface area contributed by atoms with Crippen molar-refractivity contribution in [2.24, 2.45) is 0 Å². The fraction of sp³-hybridized carbons (Fsp3) is 0.171. The topological polar surface area (TPSA) is 98.2 Å². The Labute approximate surface area is 258 Å². The number of para-hydroxylation sites is 1. The van der Waals surface area contributed by atoms with Gasteiger partial charge in [-0.2, -0.15) is 0 Å². The van der Waals surface area contributed by atoms with Gasteiger partial charge in [0.2, 0.25) is 0 Å². The van der Waals surface area contributed by atoms with E-state index in [0.29, 0.717) is 51.4 Å². The third-order valence-corrected chi connectivity index (χ3v) is 8.28. The Bertz CT molecular complexity index is 1870. The molecule has 1 N–H and O–H groups in total. The zero-order chi connectivity index (χ0) is 30.6. The van der Waals surface area contributed by atoms with E-state index in [1.54, 1.807) is 67.8 Å². The molecule has 5 aromatic rings. The van der Waals surface area contributed by atoms with Crippen molar-refractivity contribution in [1.82, 2.24) is 4.98 Å². The maximum absolute atomic E-state index is 13.8. The molecule has 1 aliphatic heterocycles. The summed E-state index contributed by atoms with van der Waals surface area (Å²) in [6, 6.07) is 27.8. The number of ether oxygens (including phenoxy) is 3. The first kappa shape index (κ1) is 28.9. The normalized spacial score (nSPS) is 16.0. The van der Waals surface area contributed by atoms with E-state index >= 15 is 0 Å². The average molecular weight is 607 g/mol. The van der Waals surface area contributed by atoms with Gasteiger partial charge in [-0.15, -0.1) is 0 Å². The highest BCUT2D eigenvalue weighted by Gasteiger charge is 2.48. The number of rotatable bonds is 10. The first-order chi connectivity index (χ1) is 21.5. The van der Waals surface area contributed by atoms with Gasteiger partial charge in [-0.25, -0.2) is 4.98 Å². The van der Waals surface area contributed by atoms with Gasteiger partial charge in [0.1, 0.15) is 28.8 Å². The highest BCUT2D eigenvalue weighted by molar-refractivity contribution is 7.22. The lowest BCUT2D eigenvalue weighted by Gasteiger charge is -2.23. The number of aromatic nitrogens is 1. The molecule has 6 rings (SSSR count). The fourth-order valence-electron chi connectivity index (χ4n) is 5.06. The number of hydrogen-bond donors (Lipinski definition) is 1. The number of methoxy groups -OCH3 is 1. The van der Waals surface area contributed by atoms with Gasteiger partial charge in [-0.3, -0.25) is 14.5 Å². The lowest BCUT2D eigenvalue weighted by molar-refractivity contribution is -0.132. The summed E-state index contributed by atoms with van der Waals surface area (Å²) >= 11 is 1.26. The van der Waals surface area contributed by atoms with Gasteiger partial charge in [0, 0.05) is 5.56 Å². The summed E-state index contributed by atoms with van der Waals surface area (Å²) in [6.07, 6.45) is 1.87. The first-order valence-corrected chi connectivity index (χ1v) is 15.1. The molecule has 222 valence electrons. The van der Waals surface area contributed by atoms with Gasteiger partial charge in [0.05, 0.1) is 35.5 Å². The third-order valence-electron chi connectivity index (χ3n) is 7.26. The number of amides is 1. The van der Waals surface area contributed by atoms with Crippen LogP contribution < -0.4 is 19.1 Å². The van der Waals surface area contributed by atoms with E-state index in [2.05, 4.69) is 6.92 Å². The average Bonchev–Trinajstić information content (AvgIpc) is 3.58. The molecule has 1 unspecified atom stereocenters. The number of thiazole rings is 1. The van der Waals surface area contributed by atoms with Crippen molar-refractivity contribution >= 4 is 44.1 Å². The Morgan fingerprint density at radius 2 is 1.66 bits per heavy atom. The molecule has 1 aromatic heterocycles. The van der Waals surface area contributed by atoms with Crippen LogP contribution in [0.3, 0.4) is 0 Å². The van der Waals surface area contributed by atoms with Crippen LogP contribution >= 0.6 is 11.3 Å². The molecule has 1 fully saturated rings. The van der Waals surface area contributed by atoms with Crippen molar-refractivity contribution in [3.63, 3.8) is 0 Å². The van der Waals surface area contributed by atoms with Crippen LogP contribution in [0.4, 0.5) is 5.13 Å². The van der Waals surface area contributed by atoms with Crippen LogP contribution in [0.5, 0.6) is 23.0 Å². The van der Waals surface area contributed by atoms with E-state index in [1.807, 2.05) is 36.4 Å². The molecule has 1 saturated heterocycles. The third kappa shape index (κ3) is 5.74. The Morgan fingerprint density at radius 3 is 2.45 bits per heavy atom. The van der Waals surface area contributed by atoms with Crippen LogP contribution in [-0.2, 0) is 9.59 Å². The predicted octanol–water partition coefficient (Wildman–Crippen LogP) is 7.90. The zero-order valence-electron chi connectivity index (χ0n) is 24.2. The van der Waals surface area contributed by atoms with Crippen molar-refractivity contribution in [2.75, 3.05) is 18.6 Å². The molecule has 0 spiro atoms. The molecule has 0 saturated carbocycles. The molecular formula is C35H30N2O6S.